The van der Waals surface area contributed by atoms with Gasteiger partial charge in [0.05, 0.1) is 5.41 Å². The molecule has 1 rings (SSSR count). The van der Waals surface area contributed by atoms with E-state index >= 15 is 0 Å². The Bertz CT molecular complexity index is 254. The number of unbranched alkanes of at least 4 members (excludes halogenated alkanes) is 1. The molecule has 1 fully saturated rings. The average Bonchev–Trinajstić information content (AvgIpc) is 2.25. The molecule has 0 heterocycles. The molecule has 0 saturated heterocycles. The number of carbonyl (C=O) groups is 2. The van der Waals surface area contributed by atoms with Crippen LogP contribution in [0.15, 0.2) is 0 Å². The van der Waals surface area contributed by atoms with E-state index in [9.17, 15) is 14.7 Å². The Morgan fingerprint density at radius 2 is 1.62 bits per heavy atom. The van der Waals surface area contributed by atoms with Crippen LogP contribution in [0.3, 0.4) is 0 Å². The predicted octanol–water partition coefficient (Wildman–Crippen LogP) is 2.67. The third kappa shape index (κ3) is 3.51. The molecule has 0 atom stereocenters. The predicted molar refractivity (Wildman–Crippen MR) is 59.3 cm³/mol. The molecule has 0 amide bonds. The summed E-state index contributed by atoms with van der Waals surface area (Å²) < 4.78 is 0. The van der Waals surface area contributed by atoms with Crippen molar-refractivity contribution >= 4 is 11.9 Å². The fraction of sp³-hybridized carbons (Fsp3) is 0.833. The fourth-order valence-corrected chi connectivity index (χ4v) is 2.54. The Kier molecular flexibility index (Phi) is 4.77. The van der Waals surface area contributed by atoms with Gasteiger partial charge in [-0.2, -0.15) is 0 Å². The number of hydrogen-bond donors (Lipinski definition) is 2. The van der Waals surface area contributed by atoms with Crippen molar-refractivity contribution in [2.45, 2.75) is 57.8 Å². The number of hydrogen-bond acceptors (Lipinski definition) is 2. The van der Waals surface area contributed by atoms with Crippen LogP contribution in [0.2, 0.25) is 0 Å². The zero-order chi connectivity index (χ0) is 12.0. The molecule has 1 aliphatic rings. The van der Waals surface area contributed by atoms with Gasteiger partial charge in [-0.25, -0.2) is 0 Å². The van der Waals surface area contributed by atoms with Crippen LogP contribution >= 0.6 is 0 Å². The van der Waals surface area contributed by atoms with E-state index in [2.05, 4.69) is 0 Å². The molecule has 92 valence electrons. The molecule has 0 unspecified atom stereocenters. The molecule has 0 aromatic rings. The molecule has 0 radical (unpaired) electrons. The zero-order valence-corrected chi connectivity index (χ0v) is 9.57. The van der Waals surface area contributed by atoms with Crippen molar-refractivity contribution in [1.82, 2.24) is 0 Å². The summed E-state index contributed by atoms with van der Waals surface area (Å²) in [6.07, 6.45) is 6.71. The Morgan fingerprint density at radius 1 is 1.00 bits per heavy atom. The lowest BCUT2D eigenvalue weighted by atomic mass is 9.71. The maximum absolute atomic E-state index is 11.3. The summed E-state index contributed by atoms with van der Waals surface area (Å²) in [6, 6.07) is 0. The normalized spacial score (nSPS) is 19.2. The number of carboxylic acid groups (broad SMARTS) is 2. The van der Waals surface area contributed by atoms with Crippen molar-refractivity contribution in [3.8, 4) is 0 Å². The van der Waals surface area contributed by atoms with Gasteiger partial charge in [-0.15, -0.1) is 0 Å². The highest BCUT2D eigenvalue weighted by Gasteiger charge is 2.38. The molecular weight excluding hydrogens is 208 g/mol. The molecule has 0 aliphatic heterocycles. The maximum Gasteiger partial charge on any atom is 0.309 e. The summed E-state index contributed by atoms with van der Waals surface area (Å²) >= 11 is 0. The van der Waals surface area contributed by atoms with Crippen molar-refractivity contribution in [3.63, 3.8) is 0 Å². The highest BCUT2D eigenvalue weighted by molar-refractivity contribution is 5.74. The van der Waals surface area contributed by atoms with E-state index < -0.39 is 17.4 Å². The fourth-order valence-electron chi connectivity index (χ4n) is 2.54. The lowest BCUT2D eigenvalue weighted by molar-refractivity contribution is -0.151. The molecule has 1 aliphatic carbocycles. The minimum Gasteiger partial charge on any atom is -0.481 e. The summed E-state index contributed by atoms with van der Waals surface area (Å²) in [5.74, 6) is -1.49. The quantitative estimate of drug-likeness (QED) is 0.685. The van der Waals surface area contributed by atoms with Gasteiger partial charge in [0.2, 0.25) is 0 Å². The average molecular weight is 228 g/mol. The second-order valence-corrected chi connectivity index (χ2v) is 4.75. The summed E-state index contributed by atoms with van der Waals surface area (Å²) in [5, 5.41) is 17.8. The van der Waals surface area contributed by atoms with Crippen LogP contribution in [-0.4, -0.2) is 22.2 Å². The molecule has 4 heteroatoms. The first-order valence-corrected chi connectivity index (χ1v) is 6.02. The van der Waals surface area contributed by atoms with Gasteiger partial charge in [-0.1, -0.05) is 25.7 Å². The summed E-state index contributed by atoms with van der Waals surface area (Å²) in [5.41, 5.74) is -0.559. The minimum atomic E-state index is -0.798. The van der Waals surface area contributed by atoms with E-state index in [1.807, 2.05) is 0 Å². The summed E-state index contributed by atoms with van der Waals surface area (Å²) in [4.78, 5) is 21.6. The Balaban J connectivity index is 2.39. The minimum absolute atomic E-state index is 0.149. The van der Waals surface area contributed by atoms with Crippen molar-refractivity contribution < 1.29 is 19.8 Å². The van der Waals surface area contributed by atoms with Crippen LogP contribution in [0.5, 0.6) is 0 Å². The van der Waals surface area contributed by atoms with Crippen LogP contribution in [0.4, 0.5) is 0 Å². The van der Waals surface area contributed by atoms with Crippen LogP contribution in [0.1, 0.15) is 57.8 Å². The third-order valence-electron chi connectivity index (χ3n) is 3.56. The molecule has 2 N–H and O–H groups in total. The largest absolute Gasteiger partial charge is 0.481 e. The smallest absolute Gasteiger partial charge is 0.309 e. The molecule has 0 aromatic heterocycles. The highest BCUT2D eigenvalue weighted by atomic mass is 16.4. The van der Waals surface area contributed by atoms with Crippen LogP contribution in [-0.2, 0) is 9.59 Å². The van der Waals surface area contributed by atoms with Gasteiger partial charge in [-0.05, 0) is 25.7 Å². The molecule has 1 saturated carbocycles. The van der Waals surface area contributed by atoms with Gasteiger partial charge in [0.25, 0.3) is 0 Å². The first-order chi connectivity index (χ1) is 7.57. The second kappa shape index (κ2) is 5.87. The molecule has 0 aromatic carbocycles. The topological polar surface area (TPSA) is 74.6 Å². The zero-order valence-electron chi connectivity index (χ0n) is 9.57. The van der Waals surface area contributed by atoms with Gasteiger partial charge in [0, 0.05) is 6.42 Å². The monoisotopic (exact) mass is 228 g/mol. The first-order valence-electron chi connectivity index (χ1n) is 6.02. The third-order valence-corrected chi connectivity index (χ3v) is 3.56. The molecule has 16 heavy (non-hydrogen) atoms. The summed E-state index contributed by atoms with van der Waals surface area (Å²) in [7, 11) is 0. The molecule has 4 nitrogen and oxygen atoms in total. The van der Waals surface area contributed by atoms with E-state index in [4.69, 9.17) is 5.11 Å². The van der Waals surface area contributed by atoms with Gasteiger partial charge < -0.3 is 10.2 Å². The number of aliphatic carboxylic acids is 2. The SMILES string of the molecule is O=C(O)CCCCC1(C(=O)O)CCCCC1. The number of rotatable bonds is 6. The van der Waals surface area contributed by atoms with E-state index in [1.165, 1.54) is 0 Å². The van der Waals surface area contributed by atoms with Gasteiger partial charge >= 0.3 is 11.9 Å². The first kappa shape index (κ1) is 13.0. The second-order valence-electron chi connectivity index (χ2n) is 4.75. The van der Waals surface area contributed by atoms with E-state index in [1.54, 1.807) is 0 Å². The molecule has 0 bridgehead atoms. The Morgan fingerprint density at radius 3 is 2.12 bits per heavy atom. The Labute approximate surface area is 95.7 Å². The van der Waals surface area contributed by atoms with Crippen LogP contribution in [0, 0.1) is 5.41 Å². The van der Waals surface area contributed by atoms with E-state index in [0.717, 1.165) is 32.1 Å². The standard InChI is InChI=1S/C12H20O4/c13-10(14)6-2-5-9-12(11(15)16)7-3-1-4-8-12/h1-9H2,(H,13,14)(H,15,16). The van der Waals surface area contributed by atoms with Gasteiger partial charge in [0.15, 0.2) is 0 Å². The highest BCUT2D eigenvalue weighted by Crippen LogP contribution is 2.40. The number of carboxylic acids is 2. The lowest BCUT2D eigenvalue weighted by Crippen LogP contribution is -2.33. The van der Waals surface area contributed by atoms with Gasteiger partial charge in [-0.3, -0.25) is 9.59 Å². The molecule has 0 spiro atoms. The van der Waals surface area contributed by atoms with E-state index in [0.29, 0.717) is 19.3 Å². The maximum atomic E-state index is 11.3. The van der Waals surface area contributed by atoms with Crippen molar-refractivity contribution in [3.05, 3.63) is 0 Å². The lowest BCUT2D eigenvalue weighted by Gasteiger charge is -2.33. The van der Waals surface area contributed by atoms with Crippen molar-refractivity contribution in [2.24, 2.45) is 5.41 Å². The van der Waals surface area contributed by atoms with Crippen molar-refractivity contribution in [1.29, 1.82) is 0 Å². The Hall–Kier alpha value is -1.06. The summed E-state index contributed by atoms with van der Waals surface area (Å²) in [6.45, 7) is 0. The molecular formula is C12H20O4. The van der Waals surface area contributed by atoms with Crippen molar-refractivity contribution in [2.75, 3.05) is 0 Å². The van der Waals surface area contributed by atoms with Crippen LogP contribution in [0.25, 0.3) is 0 Å². The van der Waals surface area contributed by atoms with Gasteiger partial charge in [0.1, 0.15) is 0 Å². The van der Waals surface area contributed by atoms with E-state index in [-0.39, 0.29) is 6.42 Å². The van der Waals surface area contributed by atoms with Crippen LogP contribution < -0.4 is 0 Å².